The molecule has 3 aromatic rings. The summed E-state index contributed by atoms with van der Waals surface area (Å²) in [4.78, 5) is 24.9. The van der Waals surface area contributed by atoms with E-state index >= 15 is 0 Å². The van der Waals surface area contributed by atoms with Gasteiger partial charge < -0.3 is 5.32 Å². The Morgan fingerprint density at radius 3 is 2.67 bits per heavy atom. The lowest BCUT2D eigenvalue weighted by molar-refractivity contribution is -0.137. The number of carbonyl (C=O) groups excluding carboxylic acids is 1. The first-order valence-electron chi connectivity index (χ1n) is 7.92. The number of benzene rings is 1. The van der Waals surface area contributed by atoms with Crippen LogP contribution >= 0.6 is 11.3 Å². The Labute approximate surface area is 156 Å². The van der Waals surface area contributed by atoms with Crippen molar-refractivity contribution in [1.82, 2.24) is 15.1 Å². The van der Waals surface area contributed by atoms with Gasteiger partial charge in [-0.1, -0.05) is 12.1 Å². The Hall–Kier alpha value is -2.94. The first kappa shape index (κ1) is 18.8. The van der Waals surface area contributed by atoms with Gasteiger partial charge in [-0.2, -0.15) is 18.3 Å². The van der Waals surface area contributed by atoms with Crippen molar-refractivity contribution >= 4 is 17.2 Å². The van der Waals surface area contributed by atoms with Crippen molar-refractivity contribution in [3.8, 4) is 10.6 Å². The zero-order chi connectivity index (χ0) is 19.4. The Morgan fingerprint density at radius 2 is 1.96 bits per heavy atom. The average molecular weight is 393 g/mol. The summed E-state index contributed by atoms with van der Waals surface area (Å²) in [6, 6.07) is 10.9. The minimum atomic E-state index is -4.52. The van der Waals surface area contributed by atoms with Gasteiger partial charge in [-0.15, -0.1) is 11.3 Å². The highest BCUT2D eigenvalue weighted by Crippen LogP contribution is 2.29. The van der Waals surface area contributed by atoms with Crippen LogP contribution in [0.1, 0.15) is 15.9 Å². The number of hydrogen-bond acceptors (Lipinski definition) is 4. The molecule has 2 aromatic heterocycles. The summed E-state index contributed by atoms with van der Waals surface area (Å²) in [6.07, 6.45) is -4.52. The smallest absolute Gasteiger partial charge is 0.350 e. The number of hydrogen-bond donors (Lipinski definition) is 1. The average Bonchev–Trinajstić information content (AvgIpc) is 3.17. The van der Waals surface area contributed by atoms with Gasteiger partial charge in [0.1, 0.15) is 5.69 Å². The van der Waals surface area contributed by atoms with Crippen LogP contribution in [-0.2, 0) is 12.7 Å². The molecule has 2 heterocycles. The molecule has 1 N–H and O–H groups in total. The van der Waals surface area contributed by atoms with Crippen LogP contribution in [0, 0.1) is 0 Å². The molecule has 27 heavy (non-hydrogen) atoms. The first-order valence-corrected chi connectivity index (χ1v) is 8.80. The number of nitrogens with one attached hydrogen (secondary N) is 1. The molecule has 3 rings (SSSR count). The topological polar surface area (TPSA) is 64.0 Å². The number of halogens is 3. The summed E-state index contributed by atoms with van der Waals surface area (Å²) >= 11 is 1.48. The van der Waals surface area contributed by atoms with E-state index in [-0.39, 0.29) is 24.2 Å². The van der Waals surface area contributed by atoms with Crippen LogP contribution in [0.5, 0.6) is 0 Å². The standard InChI is InChI=1S/C18H14F3N3O2S/c19-18(20,21)13-4-1-3-12(11-13)17(26)22-8-9-24-16(25)7-6-14(23-24)15-5-2-10-27-15/h1-7,10-11H,8-9H2,(H,22,26). The van der Waals surface area contributed by atoms with E-state index in [2.05, 4.69) is 10.4 Å². The van der Waals surface area contributed by atoms with E-state index in [4.69, 9.17) is 0 Å². The van der Waals surface area contributed by atoms with Crippen LogP contribution in [0.2, 0.25) is 0 Å². The quantitative estimate of drug-likeness (QED) is 0.723. The molecule has 0 bridgehead atoms. The summed E-state index contributed by atoms with van der Waals surface area (Å²) in [7, 11) is 0. The zero-order valence-corrected chi connectivity index (χ0v) is 14.7. The van der Waals surface area contributed by atoms with Crippen molar-refractivity contribution in [2.24, 2.45) is 0 Å². The van der Waals surface area contributed by atoms with E-state index in [9.17, 15) is 22.8 Å². The lowest BCUT2D eigenvalue weighted by atomic mass is 10.1. The van der Waals surface area contributed by atoms with E-state index < -0.39 is 17.6 Å². The Morgan fingerprint density at radius 1 is 1.15 bits per heavy atom. The normalized spacial score (nSPS) is 11.4. The molecule has 0 saturated carbocycles. The van der Waals surface area contributed by atoms with Crippen molar-refractivity contribution in [3.05, 3.63) is 75.4 Å². The molecule has 5 nitrogen and oxygen atoms in total. The van der Waals surface area contributed by atoms with Crippen LogP contribution in [0.3, 0.4) is 0 Å². The fourth-order valence-electron chi connectivity index (χ4n) is 2.38. The van der Waals surface area contributed by atoms with Gasteiger partial charge in [-0.3, -0.25) is 9.59 Å². The summed E-state index contributed by atoms with van der Waals surface area (Å²) in [5.74, 6) is -0.649. The van der Waals surface area contributed by atoms with Crippen molar-refractivity contribution in [2.75, 3.05) is 6.54 Å². The molecular formula is C18H14F3N3O2S. The Kier molecular flexibility index (Phi) is 5.41. The molecule has 0 atom stereocenters. The van der Waals surface area contributed by atoms with E-state index in [1.165, 1.54) is 34.2 Å². The molecule has 1 aromatic carbocycles. The molecule has 0 aliphatic rings. The van der Waals surface area contributed by atoms with Crippen LogP contribution < -0.4 is 10.9 Å². The lowest BCUT2D eigenvalue weighted by Crippen LogP contribution is -2.32. The summed E-state index contributed by atoms with van der Waals surface area (Å²) in [6.45, 7) is 0.151. The summed E-state index contributed by atoms with van der Waals surface area (Å²) in [5, 5.41) is 8.64. The molecule has 0 saturated heterocycles. The fourth-order valence-corrected chi connectivity index (χ4v) is 3.07. The predicted octanol–water partition coefficient (Wildman–Crippen LogP) is 3.42. The second-order valence-corrected chi connectivity index (χ2v) is 6.54. The van der Waals surface area contributed by atoms with E-state index in [1.807, 2.05) is 17.5 Å². The third-order valence-corrected chi connectivity index (χ3v) is 4.59. The second kappa shape index (κ2) is 7.75. The SMILES string of the molecule is O=C(NCCn1nc(-c2cccs2)ccc1=O)c1cccc(C(F)(F)F)c1. The van der Waals surface area contributed by atoms with Gasteiger partial charge in [-0.25, -0.2) is 4.68 Å². The van der Waals surface area contributed by atoms with Gasteiger partial charge in [0, 0.05) is 18.2 Å². The van der Waals surface area contributed by atoms with Crippen molar-refractivity contribution in [1.29, 1.82) is 0 Å². The molecule has 0 radical (unpaired) electrons. The largest absolute Gasteiger partial charge is 0.416 e. The van der Waals surface area contributed by atoms with Crippen LogP contribution in [-0.4, -0.2) is 22.2 Å². The molecule has 0 spiro atoms. The number of aromatic nitrogens is 2. The van der Waals surface area contributed by atoms with Crippen LogP contribution in [0.25, 0.3) is 10.6 Å². The van der Waals surface area contributed by atoms with Gasteiger partial charge in [-0.05, 0) is 35.7 Å². The van der Waals surface area contributed by atoms with E-state index in [0.29, 0.717) is 5.69 Å². The molecular weight excluding hydrogens is 379 g/mol. The first-order chi connectivity index (χ1) is 12.8. The van der Waals surface area contributed by atoms with Crippen LogP contribution in [0.15, 0.2) is 58.7 Å². The van der Waals surface area contributed by atoms with Crippen molar-refractivity contribution < 1.29 is 18.0 Å². The van der Waals surface area contributed by atoms with Crippen LogP contribution in [0.4, 0.5) is 13.2 Å². The maximum absolute atomic E-state index is 12.7. The molecule has 0 unspecified atom stereocenters. The van der Waals surface area contributed by atoms with Gasteiger partial charge in [0.05, 0.1) is 17.0 Å². The maximum Gasteiger partial charge on any atom is 0.416 e. The van der Waals surface area contributed by atoms with Crippen molar-refractivity contribution in [3.63, 3.8) is 0 Å². The van der Waals surface area contributed by atoms with Gasteiger partial charge in [0.25, 0.3) is 11.5 Å². The molecule has 140 valence electrons. The third kappa shape index (κ3) is 4.62. The third-order valence-electron chi connectivity index (χ3n) is 3.70. The van der Waals surface area contributed by atoms with Gasteiger partial charge >= 0.3 is 6.18 Å². The monoisotopic (exact) mass is 393 g/mol. The van der Waals surface area contributed by atoms with Gasteiger partial charge in [0.2, 0.25) is 0 Å². The maximum atomic E-state index is 12.7. The second-order valence-electron chi connectivity index (χ2n) is 5.59. The van der Waals surface area contributed by atoms with E-state index in [1.54, 1.807) is 6.07 Å². The number of carbonyl (C=O) groups is 1. The lowest BCUT2D eigenvalue weighted by Gasteiger charge is -2.10. The minimum Gasteiger partial charge on any atom is -0.350 e. The Balaban J connectivity index is 1.66. The molecule has 1 amide bonds. The highest BCUT2D eigenvalue weighted by molar-refractivity contribution is 7.13. The highest BCUT2D eigenvalue weighted by Gasteiger charge is 2.30. The number of nitrogens with zero attached hydrogens (tertiary/aromatic N) is 2. The number of thiophene rings is 1. The molecule has 0 fully saturated rings. The fraction of sp³-hybridized carbons (Fsp3) is 0.167. The highest BCUT2D eigenvalue weighted by atomic mass is 32.1. The summed E-state index contributed by atoms with van der Waals surface area (Å²) < 4.78 is 39.4. The van der Waals surface area contributed by atoms with Crippen molar-refractivity contribution in [2.45, 2.75) is 12.7 Å². The molecule has 0 aliphatic heterocycles. The molecule has 9 heteroatoms. The number of rotatable bonds is 5. The minimum absolute atomic E-state index is 0.0515. The van der Waals surface area contributed by atoms with Gasteiger partial charge in [0.15, 0.2) is 0 Å². The number of amides is 1. The van der Waals surface area contributed by atoms with E-state index in [0.717, 1.165) is 17.0 Å². The molecule has 0 aliphatic carbocycles. The predicted molar refractivity (Wildman–Crippen MR) is 95.6 cm³/mol. The summed E-state index contributed by atoms with van der Waals surface area (Å²) in [5.41, 5.74) is -0.688. The Bertz CT molecular complexity index is 998. The number of alkyl halides is 3. The zero-order valence-electron chi connectivity index (χ0n) is 13.9.